The summed E-state index contributed by atoms with van der Waals surface area (Å²) in [4.78, 5) is 3.74. The molecular formula is C5H6ClN3. The molecule has 4 heteroatoms. The van der Waals surface area contributed by atoms with Gasteiger partial charge >= 0.3 is 0 Å². The second kappa shape index (κ2) is 2.73. The van der Waals surface area contributed by atoms with Crippen molar-refractivity contribution in [2.75, 3.05) is 0 Å². The second-order valence-corrected chi connectivity index (χ2v) is 1.91. The maximum absolute atomic E-state index is 5.61. The number of nitrogens with zero attached hydrogens (tertiary/aromatic N) is 3. The summed E-state index contributed by atoms with van der Waals surface area (Å²) in [5.74, 6) is 0. The molecule has 0 aliphatic carbocycles. The van der Waals surface area contributed by atoms with Crippen molar-refractivity contribution in [1.82, 2.24) is 15.2 Å². The van der Waals surface area contributed by atoms with Crippen LogP contribution in [0.3, 0.4) is 0 Å². The molecular weight excluding hydrogens is 138 g/mol. The van der Waals surface area contributed by atoms with Crippen molar-refractivity contribution in [2.24, 2.45) is 0 Å². The molecule has 3 nitrogen and oxygen atoms in total. The third kappa shape index (κ3) is 1.36. The van der Waals surface area contributed by atoms with Crippen molar-refractivity contribution in [1.29, 1.82) is 0 Å². The minimum Gasteiger partial charge on any atom is -0.221 e. The molecule has 0 aromatic carbocycles. The Morgan fingerprint density at radius 2 is 2.44 bits per heavy atom. The van der Waals surface area contributed by atoms with E-state index in [1.807, 2.05) is 6.92 Å². The zero-order valence-electron chi connectivity index (χ0n) is 5.00. The van der Waals surface area contributed by atoms with E-state index in [9.17, 15) is 0 Å². The normalized spacial score (nSPS) is 9.56. The molecule has 0 saturated heterocycles. The monoisotopic (exact) mass is 143 g/mol. The maximum atomic E-state index is 5.61. The Morgan fingerprint density at radius 3 is 2.89 bits per heavy atom. The van der Waals surface area contributed by atoms with Crippen LogP contribution >= 0.6 is 11.6 Å². The predicted octanol–water partition coefficient (Wildman–Crippen LogP) is 1.09. The number of hydrogen-bond acceptors (Lipinski definition) is 3. The molecule has 0 N–H and O–H groups in total. The van der Waals surface area contributed by atoms with E-state index in [1.165, 1.54) is 6.33 Å². The fourth-order valence-corrected chi connectivity index (χ4v) is 0.719. The highest BCUT2D eigenvalue weighted by molar-refractivity contribution is 6.29. The second-order valence-electron chi connectivity index (χ2n) is 1.55. The van der Waals surface area contributed by atoms with Crippen LogP contribution in [0.5, 0.6) is 0 Å². The largest absolute Gasteiger partial charge is 0.221 e. The van der Waals surface area contributed by atoms with Crippen LogP contribution < -0.4 is 0 Å². The average Bonchev–Trinajstić information content (AvgIpc) is 1.89. The van der Waals surface area contributed by atoms with Gasteiger partial charge in [-0.3, -0.25) is 0 Å². The molecule has 0 spiro atoms. The van der Waals surface area contributed by atoms with Crippen molar-refractivity contribution in [2.45, 2.75) is 13.3 Å². The van der Waals surface area contributed by atoms with Crippen LogP contribution in [0.4, 0.5) is 0 Å². The van der Waals surface area contributed by atoms with Crippen LogP contribution in [-0.2, 0) is 6.42 Å². The van der Waals surface area contributed by atoms with E-state index in [4.69, 9.17) is 11.6 Å². The van der Waals surface area contributed by atoms with Gasteiger partial charge in [0.15, 0.2) is 5.15 Å². The first-order valence-corrected chi connectivity index (χ1v) is 3.04. The Kier molecular flexibility index (Phi) is 1.95. The van der Waals surface area contributed by atoms with Gasteiger partial charge in [0, 0.05) is 0 Å². The molecule has 0 aliphatic heterocycles. The molecule has 0 amide bonds. The third-order valence-corrected chi connectivity index (χ3v) is 1.29. The number of aryl methyl sites for hydroxylation is 1. The smallest absolute Gasteiger partial charge is 0.154 e. The highest BCUT2D eigenvalue weighted by Crippen LogP contribution is 2.06. The Balaban J connectivity index is 3.01. The van der Waals surface area contributed by atoms with Gasteiger partial charge < -0.3 is 0 Å². The van der Waals surface area contributed by atoms with Gasteiger partial charge in [0.25, 0.3) is 0 Å². The van der Waals surface area contributed by atoms with E-state index < -0.39 is 0 Å². The van der Waals surface area contributed by atoms with E-state index in [0.717, 1.165) is 12.1 Å². The summed E-state index contributed by atoms with van der Waals surface area (Å²) in [6, 6.07) is 0. The Bertz CT molecular complexity index is 201. The molecule has 48 valence electrons. The molecule has 9 heavy (non-hydrogen) atoms. The van der Waals surface area contributed by atoms with Gasteiger partial charge in [0.1, 0.15) is 12.0 Å². The first-order chi connectivity index (χ1) is 4.34. The van der Waals surface area contributed by atoms with E-state index in [0.29, 0.717) is 5.15 Å². The fourth-order valence-electron chi connectivity index (χ4n) is 0.504. The highest BCUT2D eigenvalue weighted by Gasteiger charge is 1.96. The van der Waals surface area contributed by atoms with Crippen molar-refractivity contribution in [3.63, 3.8) is 0 Å². The van der Waals surface area contributed by atoms with Gasteiger partial charge in [0.05, 0.1) is 0 Å². The SMILES string of the molecule is CCc1nncnc1Cl. The summed E-state index contributed by atoms with van der Waals surface area (Å²) in [5.41, 5.74) is 0.749. The Morgan fingerprint density at radius 1 is 1.67 bits per heavy atom. The third-order valence-electron chi connectivity index (χ3n) is 0.974. The lowest BCUT2D eigenvalue weighted by Crippen LogP contribution is -1.92. The quantitative estimate of drug-likeness (QED) is 0.591. The van der Waals surface area contributed by atoms with Crippen LogP contribution in [-0.4, -0.2) is 15.2 Å². The number of rotatable bonds is 1. The van der Waals surface area contributed by atoms with Crippen LogP contribution in [0, 0.1) is 0 Å². The molecule has 1 aromatic rings. The summed E-state index contributed by atoms with van der Waals surface area (Å²) in [7, 11) is 0. The molecule has 0 aliphatic rings. The fraction of sp³-hybridized carbons (Fsp3) is 0.400. The standard InChI is InChI=1S/C5H6ClN3/c1-2-4-5(6)7-3-8-9-4/h3H,2H2,1H3. The van der Waals surface area contributed by atoms with Gasteiger partial charge in [-0.15, -0.1) is 5.10 Å². The Labute approximate surface area is 58.1 Å². The molecule has 1 aromatic heterocycles. The van der Waals surface area contributed by atoms with Crippen molar-refractivity contribution < 1.29 is 0 Å². The molecule has 1 rings (SSSR count). The van der Waals surface area contributed by atoms with E-state index in [1.54, 1.807) is 0 Å². The van der Waals surface area contributed by atoms with E-state index >= 15 is 0 Å². The average molecular weight is 144 g/mol. The summed E-state index contributed by atoms with van der Waals surface area (Å²) in [5, 5.41) is 7.77. The van der Waals surface area contributed by atoms with Crippen molar-refractivity contribution in [3.05, 3.63) is 17.2 Å². The number of aromatic nitrogens is 3. The summed E-state index contributed by atoms with van der Waals surface area (Å²) < 4.78 is 0. The van der Waals surface area contributed by atoms with Gasteiger partial charge in [-0.05, 0) is 6.42 Å². The molecule has 1 heterocycles. The lowest BCUT2D eigenvalue weighted by atomic mass is 10.4. The molecule has 0 bridgehead atoms. The van der Waals surface area contributed by atoms with Gasteiger partial charge in [-0.1, -0.05) is 18.5 Å². The zero-order valence-corrected chi connectivity index (χ0v) is 5.76. The molecule has 0 unspecified atom stereocenters. The van der Waals surface area contributed by atoms with Gasteiger partial charge in [-0.25, -0.2) is 4.98 Å². The number of halogens is 1. The summed E-state index contributed by atoms with van der Waals surface area (Å²) in [6.07, 6.45) is 2.11. The lowest BCUT2D eigenvalue weighted by molar-refractivity contribution is 0.877. The summed E-state index contributed by atoms with van der Waals surface area (Å²) >= 11 is 5.61. The maximum Gasteiger partial charge on any atom is 0.154 e. The van der Waals surface area contributed by atoms with Crippen LogP contribution in [0.15, 0.2) is 6.33 Å². The number of hydrogen-bond donors (Lipinski definition) is 0. The van der Waals surface area contributed by atoms with Crippen LogP contribution in [0.25, 0.3) is 0 Å². The molecule has 0 atom stereocenters. The Hall–Kier alpha value is -0.700. The minimum atomic E-state index is 0.451. The molecule has 0 radical (unpaired) electrons. The van der Waals surface area contributed by atoms with Gasteiger partial charge in [0.2, 0.25) is 0 Å². The first-order valence-electron chi connectivity index (χ1n) is 2.66. The van der Waals surface area contributed by atoms with Crippen LogP contribution in [0.1, 0.15) is 12.6 Å². The van der Waals surface area contributed by atoms with E-state index in [-0.39, 0.29) is 0 Å². The lowest BCUT2D eigenvalue weighted by Gasteiger charge is -1.92. The topological polar surface area (TPSA) is 38.7 Å². The molecule has 0 fully saturated rings. The van der Waals surface area contributed by atoms with Crippen LogP contribution in [0.2, 0.25) is 5.15 Å². The zero-order chi connectivity index (χ0) is 6.69. The van der Waals surface area contributed by atoms with E-state index in [2.05, 4.69) is 15.2 Å². The highest BCUT2D eigenvalue weighted by atomic mass is 35.5. The first kappa shape index (κ1) is 6.42. The summed E-state index contributed by atoms with van der Waals surface area (Å²) in [6.45, 7) is 1.96. The van der Waals surface area contributed by atoms with Gasteiger partial charge in [-0.2, -0.15) is 5.10 Å². The minimum absolute atomic E-state index is 0.451. The van der Waals surface area contributed by atoms with Crippen molar-refractivity contribution in [3.8, 4) is 0 Å². The van der Waals surface area contributed by atoms with Crippen molar-refractivity contribution >= 4 is 11.6 Å². The molecule has 0 saturated carbocycles. The predicted molar refractivity (Wildman–Crippen MR) is 34.2 cm³/mol.